The molecule has 24 heavy (non-hydrogen) atoms. The highest BCUT2D eigenvalue weighted by Gasteiger charge is 2.19. The average Bonchev–Trinajstić information content (AvgIpc) is 3.09. The number of aromatic nitrogens is 1. The molecule has 0 saturated heterocycles. The van der Waals surface area contributed by atoms with Crippen LogP contribution in [0.15, 0.2) is 29.6 Å². The fraction of sp³-hybridized carbons (Fsp3) is 0.353. The molecule has 0 aliphatic carbocycles. The summed E-state index contributed by atoms with van der Waals surface area (Å²) < 4.78 is 4.46. The van der Waals surface area contributed by atoms with Gasteiger partial charge < -0.3 is 15.4 Å². The molecule has 1 radical (unpaired) electrons. The minimum absolute atomic E-state index is 0.141. The summed E-state index contributed by atoms with van der Waals surface area (Å²) >= 11 is 1.53. The van der Waals surface area contributed by atoms with E-state index in [0.29, 0.717) is 6.42 Å². The van der Waals surface area contributed by atoms with Crippen molar-refractivity contribution in [2.45, 2.75) is 25.8 Å². The summed E-state index contributed by atoms with van der Waals surface area (Å²) in [5.41, 5.74) is 2.08. The van der Waals surface area contributed by atoms with E-state index in [9.17, 15) is 9.59 Å². The van der Waals surface area contributed by atoms with Crippen molar-refractivity contribution in [1.29, 1.82) is 0 Å². The predicted octanol–water partition coefficient (Wildman–Crippen LogP) is 2.26. The Bertz CT molecular complexity index is 673. The number of carbonyl (C=O) groups is 2. The summed E-state index contributed by atoms with van der Waals surface area (Å²) in [6.45, 7) is 1.90. The van der Waals surface area contributed by atoms with Gasteiger partial charge in [-0.1, -0.05) is 31.2 Å². The third kappa shape index (κ3) is 5.34. The number of carbonyl (C=O) groups excluding carboxylic acids is 2. The molecule has 0 fully saturated rings. The number of rotatable bonds is 7. The number of amides is 2. The Hall–Kier alpha value is -2.41. The molecule has 0 saturated carbocycles. The van der Waals surface area contributed by atoms with Gasteiger partial charge in [0.25, 0.3) is 0 Å². The zero-order valence-electron chi connectivity index (χ0n) is 13.7. The van der Waals surface area contributed by atoms with Gasteiger partial charge in [0.05, 0.1) is 18.8 Å². The molecule has 2 N–H and O–H groups in total. The second-order valence-electron chi connectivity index (χ2n) is 5.11. The summed E-state index contributed by atoms with van der Waals surface area (Å²) in [6.07, 6.45) is 0.833. The molecule has 0 unspecified atom stereocenters. The fourth-order valence-corrected chi connectivity index (χ4v) is 3.06. The molecule has 2 aromatic rings. The molecule has 6 nitrogen and oxygen atoms in total. The molecule has 0 bridgehead atoms. The van der Waals surface area contributed by atoms with E-state index in [-0.39, 0.29) is 18.5 Å². The number of ether oxygens (including phenoxy) is 1. The first-order chi connectivity index (χ1) is 11.6. The Morgan fingerprint density at radius 1 is 1.38 bits per heavy atom. The second-order valence-corrected chi connectivity index (χ2v) is 6.00. The minimum Gasteiger partial charge on any atom is -0.453 e. The Morgan fingerprint density at radius 3 is 2.75 bits per heavy atom. The van der Waals surface area contributed by atoms with E-state index < -0.39 is 6.09 Å². The smallest absolute Gasteiger partial charge is 0.407 e. The van der Waals surface area contributed by atoms with Gasteiger partial charge in [0.15, 0.2) is 0 Å². The number of methoxy groups -OCH3 is 1. The zero-order valence-corrected chi connectivity index (χ0v) is 14.5. The van der Waals surface area contributed by atoms with Crippen LogP contribution >= 0.6 is 11.3 Å². The quantitative estimate of drug-likeness (QED) is 0.806. The second kappa shape index (κ2) is 9.02. The van der Waals surface area contributed by atoms with Gasteiger partial charge in [-0.15, -0.1) is 11.3 Å². The first-order valence-corrected chi connectivity index (χ1v) is 8.50. The molecular weight excluding hydrogens is 326 g/mol. The van der Waals surface area contributed by atoms with Gasteiger partial charge in [-0.2, -0.15) is 0 Å². The molecule has 1 atom stereocenters. The van der Waals surface area contributed by atoms with Crippen LogP contribution in [-0.4, -0.2) is 30.6 Å². The molecule has 1 heterocycles. The third-order valence-electron chi connectivity index (χ3n) is 3.37. The lowest BCUT2D eigenvalue weighted by Gasteiger charge is -2.17. The van der Waals surface area contributed by atoms with Crippen LogP contribution in [-0.2, 0) is 22.4 Å². The average molecular weight is 346 g/mol. The predicted molar refractivity (Wildman–Crippen MR) is 91.8 cm³/mol. The monoisotopic (exact) mass is 346 g/mol. The Balaban J connectivity index is 2.07. The zero-order chi connectivity index (χ0) is 17.4. The largest absolute Gasteiger partial charge is 0.453 e. The maximum Gasteiger partial charge on any atom is 0.407 e. The van der Waals surface area contributed by atoms with Gasteiger partial charge in [-0.05, 0) is 24.5 Å². The van der Waals surface area contributed by atoms with Crippen LogP contribution in [0, 0.1) is 6.07 Å². The lowest BCUT2D eigenvalue weighted by Crippen LogP contribution is -2.39. The molecule has 2 rings (SSSR count). The molecule has 7 heteroatoms. The van der Waals surface area contributed by atoms with E-state index in [2.05, 4.69) is 26.4 Å². The van der Waals surface area contributed by atoms with E-state index in [4.69, 9.17) is 0 Å². The topological polar surface area (TPSA) is 80.3 Å². The highest BCUT2D eigenvalue weighted by Crippen LogP contribution is 2.22. The Morgan fingerprint density at radius 2 is 2.12 bits per heavy atom. The molecule has 0 aliphatic heterocycles. The minimum atomic E-state index is -0.636. The first-order valence-electron chi connectivity index (χ1n) is 7.62. The molecule has 0 aliphatic rings. The van der Waals surface area contributed by atoms with E-state index in [1.54, 1.807) is 0 Å². The van der Waals surface area contributed by atoms with Crippen molar-refractivity contribution >= 4 is 23.3 Å². The third-order valence-corrected chi connectivity index (χ3v) is 4.38. The van der Waals surface area contributed by atoms with Crippen molar-refractivity contribution < 1.29 is 14.3 Å². The van der Waals surface area contributed by atoms with Crippen LogP contribution in [0.5, 0.6) is 0 Å². The summed E-state index contributed by atoms with van der Waals surface area (Å²) in [4.78, 5) is 27.8. The van der Waals surface area contributed by atoms with Crippen LogP contribution in [0.3, 0.4) is 0 Å². The summed E-state index contributed by atoms with van der Waals surface area (Å²) in [5, 5.41) is 8.15. The van der Waals surface area contributed by atoms with Gasteiger partial charge in [0, 0.05) is 5.38 Å². The van der Waals surface area contributed by atoms with Crippen LogP contribution < -0.4 is 10.6 Å². The number of hydrogen-bond donors (Lipinski definition) is 2. The Labute approximate surface area is 145 Å². The van der Waals surface area contributed by atoms with Crippen LogP contribution in [0.1, 0.15) is 29.2 Å². The van der Waals surface area contributed by atoms with Crippen molar-refractivity contribution in [2.24, 2.45) is 0 Å². The van der Waals surface area contributed by atoms with E-state index in [1.165, 1.54) is 18.4 Å². The van der Waals surface area contributed by atoms with Crippen LogP contribution in [0.4, 0.5) is 4.79 Å². The first kappa shape index (κ1) is 17.9. The summed E-state index contributed by atoms with van der Waals surface area (Å²) in [5.74, 6) is -0.291. The fourth-order valence-electron chi connectivity index (χ4n) is 2.11. The molecular formula is C17H20N3O3S. The van der Waals surface area contributed by atoms with Gasteiger partial charge in [-0.25, -0.2) is 9.78 Å². The number of thiazole rings is 1. The van der Waals surface area contributed by atoms with Gasteiger partial charge in [-0.3, -0.25) is 4.79 Å². The van der Waals surface area contributed by atoms with Crippen molar-refractivity contribution in [3.8, 4) is 0 Å². The lowest BCUT2D eigenvalue weighted by molar-refractivity contribution is -0.120. The number of nitrogens with one attached hydrogen (secondary N) is 2. The molecule has 0 spiro atoms. The maximum absolute atomic E-state index is 12.1. The Kier molecular flexibility index (Phi) is 6.74. The SMILES string of the molecule is CCc1csc([C@H](Cc2cc[c]cc2)NC(=O)CNC(=O)OC)n1. The van der Waals surface area contributed by atoms with E-state index in [0.717, 1.165) is 22.7 Å². The highest BCUT2D eigenvalue weighted by molar-refractivity contribution is 7.09. The number of nitrogens with zero attached hydrogens (tertiary/aromatic N) is 1. The van der Waals surface area contributed by atoms with Gasteiger partial charge in [0.1, 0.15) is 11.6 Å². The highest BCUT2D eigenvalue weighted by atomic mass is 32.1. The molecule has 2 amide bonds. The van der Waals surface area contributed by atoms with Crippen molar-refractivity contribution in [1.82, 2.24) is 15.6 Å². The number of alkyl carbamates (subject to hydrolysis) is 1. The summed E-state index contributed by atoms with van der Waals surface area (Å²) in [7, 11) is 1.25. The lowest BCUT2D eigenvalue weighted by atomic mass is 10.1. The molecule has 1 aromatic carbocycles. The standard InChI is InChI=1S/C17H20N3O3S/c1-3-13-11-24-16(19-13)14(9-12-7-5-4-6-8-12)20-15(21)10-18-17(22)23-2/h5-8,11,14H,3,9-10H2,1-2H3,(H,18,22)(H,20,21)/t14-/m0/s1. The number of aryl methyl sites for hydroxylation is 1. The number of hydrogen-bond acceptors (Lipinski definition) is 5. The van der Waals surface area contributed by atoms with E-state index in [1.807, 2.05) is 36.6 Å². The van der Waals surface area contributed by atoms with Crippen LogP contribution in [0.25, 0.3) is 0 Å². The van der Waals surface area contributed by atoms with Crippen molar-refractivity contribution in [3.63, 3.8) is 0 Å². The maximum atomic E-state index is 12.1. The normalized spacial score (nSPS) is 11.6. The molecule has 1 aromatic heterocycles. The molecule has 127 valence electrons. The van der Waals surface area contributed by atoms with Crippen molar-refractivity contribution in [3.05, 3.63) is 52.0 Å². The van der Waals surface area contributed by atoms with E-state index >= 15 is 0 Å². The van der Waals surface area contributed by atoms with Crippen LogP contribution in [0.2, 0.25) is 0 Å². The summed E-state index contributed by atoms with van der Waals surface area (Å²) in [6, 6.07) is 10.3. The van der Waals surface area contributed by atoms with Gasteiger partial charge >= 0.3 is 6.09 Å². The van der Waals surface area contributed by atoms with Gasteiger partial charge in [0.2, 0.25) is 5.91 Å². The number of benzene rings is 1. The van der Waals surface area contributed by atoms with Crippen molar-refractivity contribution in [2.75, 3.05) is 13.7 Å².